The molecule has 5 nitrogen and oxygen atoms in total. The molecular formula is C19H18ClFN4O. The quantitative estimate of drug-likeness (QED) is 0.768. The molecule has 4 rings (SSSR count). The van der Waals surface area contributed by atoms with Crippen LogP contribution in [0.15, 0.2) is 53.5 Å². The average Bonchev–Trinajstić information content (AvgIpc) is 2.63. The fraction of sp³-hybridized carbons (Fsp3) is 0.263. The van der Waals surface area contributed by atoms with Crippen LogP contribution >= 0.6 is 11.6 Å². The monoisotopic (exact) mass is 372 g/mol. The molecule has 1 fully saturated rings. The fourth-order valence-corrected chi connectivity index (χ4v) is 3.55. The zero-order valence-electron chi connectivity index (χ0n) is 14.0. The number of fused-ring (bicyclic) bond motifs is 1. The van der Waals surface area contributed by atoms with Gasteiger partial charge in [0.05, 0.1) is 10.7 Å². The highest BCUT2D eigenvalue weighted by Crippen LogP contribution is 2.24. The molecule has 0 saturated carbocycles. The van der Waals surface area contributed by atoms with Crippen LogP contribution in [0.25, 0.3) is 5.65 Å². The minimum Gasteiger partial charge on any atom is -0.314 e. The van der Waals surface area contributed by atoms with Crippen molar-refractivity contribution in [2.24, 2.45) is 0 Å². The van der Waals surface area contributed by atoms with E-state index in [0.29, 0.717) is 22.9 Å². The molecular weight excluding hydrogens is 355 g/mol. The highest BCUT2D eigenvalue weighted by atomic mass is 35.5. The summed E-state index contributed by atoms with van der Waals surface area (Å²) >= 11 is 5.95. The SMILES string of the molecule is O=c1cc(CN2CCNCC2c2cccc(F)c2)nc2ccc(Cl)cn12. The Morgan fingerprint density at radius 3 is 3.00 bits per heavy atom. The van der Waals surface area contributed by atoms with Crippen LogP contribution in [0.3, 0.4) is 0 Å². The van der Waals surface area contributed by atoms with Crippen molar-refractivity contribution in [3.8, 4) is 0 Å². The van der Waals surface area contributed by atoms with Gasteiger partial charge in [0.25, 0.3) is 5.56 Å². The van der Waals surface area contributed by atoms with Crippen LogP contribution in [-0.4, -0.2) is 33.9 Å². The minimum atomic E-state index is -0.244. The summed E-state index contributed by atoms with van der Waals surface area (Å²) in [5.41, 5.74) is 2.02. The van der Waals surface area contributed by atoms with Crippen molar-refractivity contribution in [1.29, 1.82) is 0 Å². The topological polar surface area (TPSA) is 49.6 Å². The van der Waals surface area contributed by atoms with Crippen molar-refractivity contribution >= 4 is 17.2 Å². The predicted molar refractivity (Wildman–Crippen MR) is 98.9 cm³/mol. The van der Waals surface area contributed by atoms with Gasteiger partial charge in [-0.1, -0.05) is 23.7 Å². The summed E-state index contributed by atoms with van der Waals surface area (Å²) in [7, 11) is 0. The molecule has 1 atom stereocenters. The molecule has 1 unspecified atom stereocenters. The van der Waals surface area contributed by atoms with Gasteiger partial charge in [-0.25, -0.2) is 9.37 Å². The van der Waals surface area contributed by atoms with Gasteiger partial charge < -0.3 is 5.32 Å². The van der Waals surface area contributed by atoms with E-state index in [2.05, 4.69) is 15.2 Å². The lowest BCUT2D eigenvalue weighted by Gasteiger charge is -2.36. The summed E-state index contributed by atoms with van der Waals surface area (Å²) < 4.78 is 15.1. The van der Waals surface area contributed by atoms with E-state index in [1.54, 1.807) is 30.5 Å². The van der Waals surface area contributed by atoms with Crippen LogP contribution in [0.1, 0.15) is 17.3 Å². The largest absolute Gasteiger partial charge is 0.314 e. The van der Waals surface area contributed by atoms with Crippen molar-refractivity contribution in [1.82, 2.24) is 19.6 Å². The molecule has 7 heteroatoms. The Labute approximate surface area is 155 Å². The summed E-state index contributed by atoms with van der Waals surface area (Å²) in [5.74, 6) is -0.244. The van der Waals surface area contributed by atoms with Gasteiger partial charge >= 0.3 is 0 Å². The van der Waals surface area contributed by atoms with E-state index >= 15 is 0 Å². The van der Waals surface area contributed by atoms with Gasteiger partial charge in [0.15, 0.2) is 0 Å². The van der Waals surface area contributed by atoms with Gasteiger partial charge in [0.1, 0.15) is 11.5 Å². The number of halogens is 2. The molecule has 1 aromatic carbocycles. The van der Waals surface area contributed by atoms with Crippen molar-refractivity contribution in [2.75, 3.05) is 19.6 Å². The first-order chi connectivity index (χ1) is 12.6. The molecule has 0 aliphatic carbocycles. The van der Waals surface area contributed by atoms with Gasteiger partial charge in [0.2, 0.25) is 0 Å². The highest BCUT2D eigenvalue weighted by molar-refractivity contribution is 6.30. The third-order valence-electron chi connectivity index (χ3n) is 4.63. The van der Waals surface area contributed by atoms with Crippen molar-refractivity contribution in [3.05, 3.63) is 81.1 Å². The average molecular weight is 373 g/mol. The van der Waals surface area contributed by atoms with Gasteiger partial charge in [0, 0.05) is 44.5 Å². The van der Waals surface area contributed by atoms with E-state index in [-0.39, 0.29) is 17.4 Å². The van der Waals surface area contributed by atoms with Gasteiger partial charge in [-0.3, -0.25) is 14.1 Å². The van der Waals surface area contributed by atoms with Crippen LogP contribution < -0.4 is 10.9 Å². The zero-order valence-corrected chi connectivity index (χ0v) is 14.8. The van der Waals surface area contributed by atoms with E-state index in [1.165, 1.54) is 16.5 Å². The van der Waals surface area contributed by atoms with E-state index in [4.69, 9.17) is 11.6 Å². The third kappa shape index (κ3) is 3.49. The van der Waals surface area contributed by atoms with Crippen molar-refractivity contribution in [3.63, 3.8) is 0 Å². The Kier molecular flexibility index (Phi) is 4.72. The second-order valence-corrected chi connectivity index (χ2v) is 6.84. The molecule has 0 spiro atoms. The van der Waals surface area contributed by atoms with Gasteiger partial charge in [-0.15, -0.1) is 0 Å². The molecule has 2 aromatic heterocycles. The van der Waals surface area contributed by atoms with Crippen molar-refractivity contribution < 1.29 is 4.39 Å². The second-order valence-electron chi connectivity index (χ2n) is 6.41. The first-order valence-electron chi connectivity index (χ1n) is 8.48. The van der Waals surface area contributed by atoms with Gasteiger partial charge in [-0.2, -0.15) is 0 Å². The Morgan fingerprint density at radius 1 is 1.27 bits per heavy atom. The number of hydrogen-bond acceptors (Lipinski definition) is 4. The Balaban J connectivity index is 1.65. The van der Waals surface area contributed by atoms with Crippen LogP contribution in [0, 0.1) is 5.82 Å². The Morgan fingerprint density at radius 2 is 2.15 bits per heavy atom. The molecule has 1 N–H and O–H groups in total. The molecule has 26 heavy (non-hydrogen) atoms. The predicted octanol–water partition coefficient (Wildman–Crippen LogP) is 2.63. The first kappa shape index (κ1) is 17.1. The second kappa shape index (κ2) is 7.15. The van der Waals surface area contributed by atoms with E-state index in [9.17, 15) is 9.18 Å². The molecule has 0 bridgehead atoms. The molecule has 0 radical (unpaired) electrons. The molecule has 0 amide bonds. The molecule has 134 valence electrons. The summed E-state index contributed by atoms with van der Waals surface area (Å²) in [6, 6.07) is 11.7. The summed E-state index contributed by atoms with van der Waals surface area (Å²) in [6.45, 7) is 2.89. The number of benzene rings is 1. The van der Waals surface area contributed by atoms with E-state index in [1.807, 2.05) is 6.07 Å². The zero-order chi connectivity index (χ0) is 18.1. The lowest BCUT2D eigenvalue weighted by molar-refractivity contribution is 0.151. The highest BCUT2D eigenvalue weighted by Gasteiger charge is 2.24. The lowest BCUT2D eigenvalue weighted by atomic mass is 10.0. The molecule has 3 aromatic rings. The van der Waals surface area contributed by atoms with Crippen molar-refractivity contribution in [2.45, 2.75) is 12.6 Å². The number of piperazine rings is 1. The number of aromatic nitrogens is 2. The number of rotatable bonds is 3. The number of nitrogens with one attached hydrogen (secondary N) is 1. The Bertz CT molecular complexity index is 1010. The third-order valence-corrected chi connectivity index (χ3v) is 4.85. The minimum absolute atomic E-state index is 0.0323. The van der Waals surface area contributed by atoms with E-state index in [0.717, 1.165) is 25.2 Å². The molecule has 1 aliphatic heterocycles. The smallest absolute Gasteiger partial charge is 0.258 e. The maximum Gasteiger partial charge on any atom is 0.258 e. The lowest BCUT2D eigenvalue weighted by Crippen LogP contribution is -2.45. The van der Waals surface area contributed by atoms with Crippen LogP contribution in [0.4, 0.5) is 4.39 Å². The molecule has 3 heterocycles. The summed E-state index contributed by atoms with van der Waals surface area (Å²) in [5, 5.41) is 3.84. The number of hydrogen-bond donors (Lipinski definition) is 1. The molecule has 1 aliphatic rings. The standard InChI is InChI=1S/C19H18ClFN4O/c20-14-4-5-18-23-16(9-19(26)25(18)11-14)12-24-7-6-22-10-17(24)13-2-1-3-15(21)8-13/h1-5,8-9,11,17,22H,6-7,10,12H2. The van der Waals surface area contributed by atoms with Crippen LogP contribution in [0.5, 0.6) is 0 Å². The number of nitrogens with zero attached hydrogens (tertiary/aromatic N) is 3. The van der Waals surface area contributed by atoms with Crippen LogP contribution in [-0.2, 0) is 6.54 Å². The number of pyridine rings is 1. The van der Waals surface area contributed by atoms with Crippen LogP contribution in [0.2, 0.25) is 5.02 Å². The fourth-order valence-electron chi connectivity index (χ4n) is 3.39. The maximum absolute atomic E-state index is 13.6. The van der Waals surface area contributed by atoms with Gasteiger partial charge in [-0.05, 0) is 29.8 Å². The normalized spacial score (nSPS) is 18.3. The maximum atomic E-state index is 13.6. The van der Waals surface area contributed by atoms with E-state index < -0.39 is 0 Å². The summed E-state index contributed by atoms with van der Waals surface area (Å²) in [6.07, 6.45) is 1.57. The summed E-state index contributed by atoms with van der Waals surface area (Å²) in [4.78, 5) is 19.2. The molecule has 1 saturated heterocycles. The first-order valence-corrected chi connectivity index (χ1v) is 8.86. The Hall–Kier alpha value is -2.28.